The molecule has 1 fully saturated rings. The number of hydrogen-bond donors (Lipinski definition) is 2. The van der Waals surface area contributed by atoms with Crippen LogP contribution in [0.3, 0.4) is 0 Å². The van der Waals surface area contributed by atoms with Crippen LogP contribution >= 0.6 is 0 Å². The standard InChI is InChI=1S/C15H15N3O2/c19-15(20)12-7-16-9-18-14(12)8-17-13-6-11(13)10-4-2-1-3-5-10/h1-5,7,9,11,13,17H,6,8H2,(H,19,20). The third kappa shape index (κ3) is 2.67. The van der Waals surface area contributed by atoms with E-state index in [0.29, 0.717) is 24.2 Å². The van der Waals surface area contributed by atoms with Crippen LogP contribution in [0.15, 0.2) is 42.9 Å². The molecule has 20 heavy (non-hydrogen) atoms. The van der Waals surface area contributed by atoms with E-state index in [-0.39, 0.29) is 5.56 Å². The molecular weight excluding hydrogens is 254 g/mol. The minimum atomic E-state index is -0.988. The van der Waals surface area contributed by atoms with Crippen molar-refractivity contribution in [1.82, 2.24) is 15.3 Å². The maximum Gasteiger partial charge on any atom is 0.339 e. The summed E-state index contributed by atoms with van der Waals surface area (Å²) in [6.07, 6.45) is 3.80. The summed E-state index contributed by atoms with van der Waals surface area (Å²) in [5.41, 5.74) is 2.02. The van der Waals surface area contributed by atoms with Gasteiger partial charge in [0.1, 0.15) is 11.9 Å². The monoisotopic (exact) mass is 269 g/mol. The predicted molar refractivity (Wildman–Crippen MR) is 73.4 cm³/mol. The number of carbonyl (C=O) groups is 1. The van der Waals surface area contributed by atoms with E-state index in [0.717, 1.165) is 6.42 Å². The van der Waals surface area contributed by atoms with Crippen molar-refractivity contribution in [2.75, 3.05) is 0 Å². The fourth-order valence-corrected chi connectivity index (χ4v) is 2.39. The van der Waals surface area contributed by atoms with E-state index in [4.69, 9.17) is 5.11 Å². The maximum atomic E-state index is 11.1. The molecule has 2 atom stereocenters. The smallest absolute Gasteiger partial charge is 0.339 e. The summed E-state index contributed by atoms with van der Waals surface area (Å²) in [5.74, 6) is -0.468. The number of carboxylic acids is 1. The molecule has 5 nitrogen and oxygen atoms in total. The van der Waals surface area contributed by atoms with E-state index in [2.05, 4.69) is 27.4 Å². The van der Waals surface area contributed by atoms with Crippen molar-refractivity contribution in [3.8, 4) is 0 Å². The van der Waals surface area contributed by atoms with E-state index < -0.39 is 5.97 Å². The van der Waals surface area contributed by atoms with Crippen LogP contribution in [0.5, 0.6) is 0 Å². The average Bonchev–Trinajstić information content (AvgIpc) is 3.26. The number of nitrogens with zero attached hydrogens (tertiary/aromatic N) is 2. The lowest BCUT2D eigenvalue weighted by Gasteiger charge is -2.06. The molecule has 1 heterocycles. The highest BCUT2D eigenvalue weighted by molar-refractivity contribution is 5.88. The zero-order valence-electron chi connectivity index (χ0n) is 10.9. The normalized spacial score (nSPS) is 20.6. The summed E-state index contributed by atoms with van der Waals surface area (Å²) in [7, 11) is 0. The lowest BCUT2D eigenvalue weighted by atomic mass is 10.1. The van der Waals surface area contributed by atoms with Crippen LogP contribution in [0.2, 0.25) is 0 Å². The topological polar surface area (TPSA) is 75.1 Å². The van der Waals surface area contributed by atoms with Crippen molar-refractivity contribution < 1.29 is 9.90 Å². The minimum absolute atomic E-state index is 0.164. The Hall–Kier alpha value is -2.27. The van der Waals surface area contributed by atoms with Crippen molar-refractivity contribution in [3.63, 3.8) is 0 Å². The summed E-state index contributed by atoms with van der Waals surface area (Å²) in [6.45, 7) is 0.457. The molecule has 5 heteroatoms. The average molecular weight is 269 g/mol. The Kier molecular flexibility index (Phi) is 3.43. The SMILES string of the molecule is O=C(O)c1cncnc1CNC1CC1c1ccccc1. The largest absolute Gasteiger partial charge is 0.478 e. The summed E-state index contributed by atoms with van der Waals surface area (Å²) in [5, 5.41) is 12.4. The zero-order valence-corrected chi connectivity index (χ0v) is 10.9. The van der Waals surface area contributed by atoms with Crippen LogP contribution in [-0.4, -0.2) is 27.1 Å². The molecule has 2 unspecified atom stereocenters. The van der Waals surface area contributed by atoms with E-state index in [1.54, 1.807) is 0 Å². The molecule has 0 spiro atoms. The molecule has 1 aliphatic carbocycles. The van der Waals surface area contributed by atoms with E-state index in [9.17, 15) is 4.79 Å². The molecular formula is C15H15N3O2. The summed E-state index contributed by atoms with van der Waals surface area (Å²) in [4.78, 5) is 18.9. The number of rotatable bonds is 5. The van der Waals surface area contributed by atoms with Gasteiger partial charge in [0.15, 0.2) is 0 Å². The molecule has 2 N–H and O–H groups in total. The second-order valence-corrected chi connectivity index (χ2v) is 4.93. The van der Waals surface area contributed by atoms with Gasteiger partial charge in [0.2, 0.25) is 0 Å². The Bertz CT molecular complexity index is 616. The molecule has 1 aromatic carbocycles. The van der Waals surface area contributed by atoms with Crippen molar-refractivity contribution in [3.05, 3.63) is 59.7 Å². The van der Waals surface area contributed by atoms with E-state index in [1.807, 2.05) is 18.2 Å². The first kappa shape index (κ1) is 12.7. The first-order valence-electron chi connectivity index (χ1n) is 6.56. The Balaban J connectivity index is 1.61. The Morgan fingerprint density at radius 3 is 2.90 bits per heavy atom. The van der Waals surface area contributed by atoms with Crippen molar-refractivity contribution >= 4 is 5.97 Å². The fourth-order valence-electron chi connectivity index (χ4n) is 2.39. The van der Waals surface area contributed by atoms with Gasteiger partial charge >= 0.3 is 5.97 Å². The van der Waals surface area contributed by atoms with E-state index in [1.165, 1.54) is 18.1 Å². The first-order chi connectivity index (χ1) is 9.75. The van der Waals surface area contributed by atoms with Crippen LogP contribution in [0.25, 0.3) is 0 Å². The quantitative estimate of drug-likeness (QED) is 0.866. The van der Waals surface area contributed by atoms with Crippen molar-refractivity contribution in [1.29, 1.82) is 0 Å². The van der Waals surface area contributed by atoms with Gasteiger partial charge < -0.3 is 10.4 Å². The number of nitrogens with one attached hydrogen (secondary N) is 1. The van der Waals surface area contributed by atoms with Gasteiger partial charge in [-0.05, 0) is 12.0 Å². The number of aromatic nitrogens is 2. The summed E-state index contributed by atoms with van der Waals surface area (Å²) < 4.78 is 0. The molecule has 0 radical (unpaired) electrons. The molecule has 0 aliphatic heterocycles. The van der Waals surface area contributed by atoms with Crippen LogP contribution < -0.4 is 5.32 Å². The van der Waals surface area contributed by atoms with Gasteiger partial charge in [-0.2, -0.15) is 0 Å². The van der Waals surface area contributed by atoms with Crippen molar-refractivity contribution in [2.45, 2.75) is 24.9 Å². The lowest BCUT2D eigenvalue weighted by molar-refractivity contribution is 0.0694. The number of hydrogen-bond acceptors (Lipinski definition) is 4. The first-order valence-corrected chi connectivity index (χ1v) is 6.56. The van der Waals surface area contributed by atoms with Gasteiger partial charge in [-0.3, -0.25) is 0 Å². The third-order valence-electron chi connectivity index (χ3n) is 3.58. The van der Waals surface area contributed by atoms with Gasteiger partial charge in [0.25, 0.3) is 0 Å². The molecule has 0 bridgehead atoms. The highest BCUT2D eigenvalue weighted by atomic mass is 16.4. The van der Waals surface area contributed by atoms with Gasteiger partial charge in [0.05, 0.1) is 5.69 Å². The summed E-state index contributed by atoms with van der Waals surface area (Å²) >= 11 is 0. The Labute approximate surface area is 116 Å². The number of benzene rings is 1. The summed E-state index contributed by atoms with van der Waals surface area (Å²) in [6, 6.07) is 10.7. The predicted octanol–water partition coefficient (Wildman–Crippen LogP) is 1.82. The van der Waals surface area contributed by atoms with Crippen LogP contribution in [-0.2, 0) is 6.54 Å². The van der Waals surface area contributed by atoms with Gasteiger partial charge in [-0.15, -0.1) is 0 Å². The Morgan fingerprint density at radius 1 is 1.35 bits per heavy atom. The zero-order chi connectivity index (χ0) is 13.9. The number of aromatic carboxylic acids is 1. The molecule has 2 aromatic rings. The molecule has 1 aliphatic rings. The van der Waals surface area contributed by atoms with Crippen LogP contribution in [0.1, 0.15) is 34.0 Å². The maximum absolute atomic E-state index is 11.1. The molecule has 1 aromatic heterocycles. The van der Waals surface area contributed by atoms with Crippen LogP contribution in [0, 0.1) is 0 Å². The molecule has 1 saturated carbocycles. The minimum Gasteiger partial charge on any atom is -0.478 e. The second-order valence-electron chi connectivity index (χ2n) is 4.93. The third-order valence-corrected chi connectivity index (χ3v) is 3.58. The van der Waals surface area contributed by atoms with Gasteiger partial charge in [-0.1, -0.05) is 30.3 Å². The highest BCUT2D eigenvalue weighted by Crippen LogP contribution is 2.40. The molecule has 0 amide bonds. The fraction of sp³-hybridized carbons (Fsp3) is 0.267. The molecule has 102 valence electrons. The lowest BCUT2D eigenvalue weighted by Crippen LogP contribution is -2.20. The van der Waals surface area contributed by atoms with Gasteiger partial charge in [-0.25, -0.2) is 14.8 Å². The number of carboxylic acid groups (broad SMARTS) is 1. The molecule has 0 saturated heterocycles. The van der Waals surface area contributed by atoms with Gasteiger partial charge in [0, 0.05) is 24.7 Å². The molecule has 3 rings (SSSR count). The van der Waals surface area contributed by atoms with Crippen molar-refractivity contribution in [2.24, 2.45) is 0 Å². The Morgan fingerprint density at radius 2 is 2.15 bits per heavy atom. The highest BCUT2D eigenvalue weighted by Gasteiger charge is 2.37. The van der Waals surface area contributed by atoms with Crippen LogP contribution in [0.4, 0.5) is 0 Å². The second kappa shape index (κ2) is 5.38. The van der Waals surface area contributed by atoms with E-state index >= 15 is 0 Å².